The van der Waals surface area contributed by atoms with Crippen LogP contribution in [0.5, 0.6) is 0 Å². The highest BCUT2D eigenvalue weighted by Gasteiger charge is 2.20. The van der Waals surface area contributed by atoms with Gasteiger partial charge in [0, 0.05) is 68.3 Å². The topological polar surface area (TPSA) is 210 Å². The molecule has 4 N–H and O–H groups in total. The molecule has 240 valence electrons. The van der Waals surface area contributed by atoms with Crippen molar-refractivity contribution < 1.29 is 9.59 Å². The van der Waals surface area contributed by atoms with E-state index < -0.39 is 11.9 Å². The molecular formula is C24H44ClN15O3. The zero-order valence-corrected chi connectivity index (χ0v) is 26.9. The van der Waals surface area contributed by atoms with Gasteiger partial charge in [0.1, 0.15) is 0 Å². The molecule has 0 aromatic carbocycles. The predicted octanol–water partition coefficient (Wildman–Crippen LogP) is 2.39. The van der Waals surface area contributed by atoms with Crippen LogP contribution in [0.15, 0.2) is 22.0 Å². The molecular weight excluding hydrogens is 582 g/mol. The van der Waals surface area contributed by atoms with Crippen LogP contribution in [0.2, 0.25) is 0 Å². The van der Waals surface area contributed by atoms with E-state index in [1.165, 1.54) is 17.8 Å². The van der Waals surface area contributed by atoms with Gasteiger partial charge in [-0.05, 0) is 12.8 Å². The summed E-state index contributed by atoms with van der Waals surface area (Å²) in [6.07, 6.45) is 6.80. The van der Waals surface area contributed by atoms with Gasteiger partial charge >= 0.3 is 6.03 Å². The first-order valence-corrected chi connectivity index (χ1v) is 14.0. The third-order valence-corrected chi connectivity index (χ3v) is 5.72. The average Bonchev–Trinajstić information content (AvgIpc) is 3.45. The number of nitroso groups, excluding NO2 is 1. The summed E-state index contributed by atoms with van der Waals surface area (Å²) < 4.78 is 0. The Morgan fingerprint density at radius 2 is 1.47 bits per heavy atom. The second kappa shape index (κ2) is 19.0. The third kappa shape index (κ3) is 13.4. The lowest BCUT2D eigenvalue weighted by Crippen LogP contribution is -2.43. The number of anilines is 3. The summed E-state index contributed by atoms with van der Waals surface area (Å²) in [6, 6.07) is -0.247. The van der Waals surface area contributed by atoms with Gasteiger partial charge in [-0.3, -0.25) is 9.80 Å². The maximum atomic E-state index is 11.5. The van der Waals surface area contributed by atoms with Gasteiger partial charge < -0.3 is 30.7 Å². The number of rotatable bonds is 10. The molecule has 0 aliphatic heterocycles. The lowest BCUT2D eigenvalue weighted by molar-refractivity contribution is 0.0996. The van der Waals surface area contributed by atoms with E-state index in [1.807, 2.05) is 57.0 Å². The normalized spacial score (nSPS) is 12.7. The number of hydrogen-bond donors (Lipinski definition) is 3. The standard InChI is InChI=1S/C9H16ClN3O2.C9H18N6.C6H10N6O/c10-6-7-13(12-15)9(14)11-8-4-2-1-3-5-8;1-13(2)7-10-8(14(3)4)12-9(11-7)15(5)6;1-12(2)11-10-6-4(5(7)13)8-3-9-6/h8H,1-7H2,(H,11,14);1-6H3;3H,1-2H3,(H2,7,13)(H,8,9). The van der Waals surface area contributed by atoms with Crippen molar-refractivity contribution in [3.8, 4) is 0 Å². The molecule has 0 atom stereocenters. The van der Waals surface area contributed by atoms with Gasteiger partial charge in [-0.1, -0.05) is 24.5 Å². The van der Waals surface area contributed by atoms with Crippen molar-refractivity contribution in [2.45, 2.75) is 38.1 Å². The zero-order chi connectivity index (χ0) is 32.5. The molecule has 19 heteroatoms. The van der Waals surface area contributed by atoms with Gasteiger partial charge in [0.05, 0.1) is 18.2 Å². The predicted molar refractivity (Wildman–Crippen MR) is 167 cm³/mol. The highest BCUT2D eigenvalue weighted by atomic mass is 35.5. The number of aromatic nitrogens is 5. The number of amides is 3. The summed E-state index contributed by atoms with van der Waals surface area (Å²) >= 11 is 5.44. The zero-order valence-electron chi connectivity index (χ0n) is 26.2. The van der Waals surface area contributed by atoms with E-state index in [2.05, 4.69) is 45.9 Å². The Hall–Kier alpha value is -4.35. The monoisotopic (exact) mass is 625 g/mol. The number of imidazole rings is 1. The second-order valence-corrected chi connectivity index (χ2v) is 10.5. The molecule has 0 radical (unpaired) electrons. The molecule has 1 fully saturated rings. The number of halogens is 1. The quantitative estimate of drug-likeness (QED) is 0.151. The molecule has 2 aromatic heterocycles. The van der Waals surface area contributed by atoms with Crippen molar-refractivity contribution in [2.24, 2.45) is 21.4 Å². The smallest absolute Gasteiger partial charge is 0.340 e. The average molecular weight is 626 g/mol. The minimum atomic E-state index is -0.606. The van der Waals surface area contributed by atoms with Crippen LogP contribution < -0.4 is 25.8 Å². The fourth-order valence-electron chi connectivity index (χ4n) is 3.37. The molecule has 43 heavy (non-hydrogen) atoms. The summed E-state index contributed by atoms with van der Waals surface area (Å²) in [6.45, 7) is 0.156. The Balaban J connectivity index is 0.000000324. The molecule has 1 aliphatic rings. The van der Waals surface area contributed by atoms with Crippen LogP contribution in [-0.2, 0) is 0 Å². The molecule has 0 saturated heterocycles. The number of aromatic amines is 1. The van der Waals surface area contributed by atoms with Gasteiger partial charge in [-0.15, -0.1) is 21.6 Å². The van der Waals surface area contributed by atoms with Crippen LogP contribution in [0.4, 0.5) is 28.5 Å². The highest BCUT2D eigenvalue weighted by molar-refractivity contribution is 6.18. The summed E-state index contributed by atoms with van der Waals surface area (Å²) in [4.78, 5) is 57.5. The first-order valence-electron chi connectivity index (χ1n) is 13.5. The molecule has 18 nitrogen and oxygen atoms in total. The van der Waals surface area contributed by atoms with E-state index in [0.29, 0.717) is 17.8 Å². The van der Waals surface area contributed by atoms with Crippen LogP contribution in [-0.4, -0.2) is 122 Å². The fourth-order valence-corrected chi connectivity index (χ4v) is 3.54. The van der Waals surface area contributed by atoms with Crippen molar-refractivity contribution in [1.29, 1.82) is 0 Å². The first kappa shape index (κ1) is 36.7. The summed E-state index contributed by atoms with van der Waals surface area (Å²) in [5.74, 6) is 1.79. The number of primary amides is 1. The summed E-state index contributed by atoms with van der Waals surface area (Å²) in [7, 11) is 14.9. The number of nitrogens with one attached hydrogen (secondary N) is 2. The molecule has 1 aliphatic carbocycles. The van der Waals surface area contributed by atoms with Crippen LogP contribution >= 0.6 is 11.6 Å². The van der Waals surface area contributed by atoms with E-state index >= 15 is 0 Å². The number of hydrogen-bond acceptors (Lipinski definition) is 13. The van der Waals surface area contributed by atoms with E-state index in [0.717, 1.165) is 30.7 Å². The Morgan fingerprint density at radius 3 is 1.86 bits per heavy atom. The van der Waals surface area contributed by atoms with Crippen molar-refractivity contribution >= 4 is 47.2 Å². The lowest BCUT2D eigenvalue weighted by atomic mass is 9.96. The van der Waals surface area contributed by atoms with Crippen LogP contribution in [0.25, 0.3) is 0 Å². The number of nitrogens with two attached hydrogens (primary N) is 1. The molecule has 3 amide bonds. The largest absolute Gasteiger partial charge is 0.364 e. The van der Waals surface area contributed by atoms with E-state index in [1.54, 1.807) is 14.1 Å². The fraction of sp³-hybridized carbons (Fsp3) is 0.667. The van der Waals surface area contributed by atoms with Gasteiger partial charge in [0.2, 0.25) is 23.7 Å². The Morgan fingerprint density at radius 1 is 0.953 bits per heavy atom. The number of H-pyrrole nitrogens is 1. The van der Waals surface area contributed by atoms with E-state index in [4.69, 9.17) is 17.3 Å². The van der Waals surface area contributed by atoms with Gasteiger partial charge in [0.25, 0.3) is 5.91 Å². The molecule has 0 unspecified atom stereocenters. The van der Waals surface area contributed by atoms with E-state index in [-0.39, 0.29) is 30.0 Å². The van der Waals surface area contributed by atoms with Crippen molar-refractivity contribution in [3.63, 3.8) is 0 Å². The van der Waals surface area contributed by atoms with Gasteiger partial charge in [0.15, 0.2) is 5.69 Å². The van der Waals surface area contributed by atoms with Crippen molar-refractivity contribution in [1.82, 2.24) is 40.3 Å². The first-order chi connectivity index (χ1) is 20.3. The maximum Gasteiger partial charge on any atom is 0.340 e. The number of urea groups is 1. The molecule has 0 bridgehead atoms. The van der Waals surface area contributed by atoms with Crippen molar-refractivity contribution in [3.05, 3.63) is 16.9 Å². The molecule has 2 heterocycles. The highest BCUT2D eigenvalue weighted by Crippen LogP contribution is 2.18. The second-order valence-electron chi connectivity index (χ2n) is 10.1. The molecule has 3 rings (SSSR count). The molecule has 1 saturated carbocycles. The summed E-state index contributed by atoms with van der Waals surface area (Å²) in [5, 5.41) is 15.1. The summed E-state index contributed by atoms with van der Waals surface area (Å²) in [5.41, 5.74) is 5.20. The SMILES string of the molecule is CN(C)N=Nc1nc[nH]c1C(N)=O.CN(C)c1nc(N(C)C)nc(N(C)C)n1.O=NN(CCCl)C(=O)NC1CCCCC1. The van der Waals surface area contributed by atoms with Crippen molar-refractivity contribution in [2.75, 3.05) is 83.5 Å². The maximum absolute atomic E-state index is 11.5. The number of alkyl halides is 1. The van der Waals surface area contributed by atoms with Crippen LogP contribution in [0.1, 0.15) is 42.6 Å². The van der Waals surface area contributed by atoms with Gasteiger partial charge in [-0.2, -0.15) is 20.0 Å². The minimum Gasteiger partial charge on any atom is -0.364 e. The third-order valence-electron chi connectivity index (χ3n) is 5.55. The Kier molecular flexibility index (Phi) is 16.2. The van der Waals surface area contributed by atoms with Crippen LogP contribution in [0, 0.1) is 4.91 Å². The minimum absolute atomic E-state index is 0.156. The Labute approximate surface area is 257 Å². The number of carbonyl (C=O) groups excluding carboxylic acids is 2. The molecule has 2 aromatic rings. The lowest BCUT2D eigenvalue weighted by Gasteiger charge is -2.24. The number of nitrogens with zero attached hydrogens (tertiary/aromatic N) is 12. The van der Waals surface area contributed by atoms with E-state index in [9.17, 15) is 14.5 Å². The Bertz CT molecular complexity index is 1100. The molecule has 0 spiro atoms. The van der Waals surface area contributed by atoms with Gasteiger partial charge in [-0.25, -0.2) is 9.78 Å². The number of carbonyl (C=O) groups is 2. The van der Waals surface area contributed by atoms with Crippen LogP contribution in [0.3, 0.4) is 0 Å².